The smallest absolute Gasteiger partial charge is 0.309 e. The average Bonchev–Trinajstić information content (AvgIpc) is 3.05. The Kier molecular flexibility index (Phi) is 4.28. The molecule has 4 nitrogen and oxygen atoms in total. The van der Waals surface area contributed by atoms with Crippen molar-refractivity contribution in [1.29, 1.82) is 0 Å². The molecule has 1 saturated heterocycles. The molecular weight excluding hydrogens is 228 g/mol. The number of ether oxygens (including phenoxy) is 1. The molecule has 0 unspecified atom stereocenters. The van der Waals surface area contributed by atoms with Crippen LogP contribution in [-0.2, 0) is 9.53 Å². The van der Waals surface area contributed by atoms with E-state index >= 15 is 0 Å². The highest BCUT2D eigenvalue weighted by Crippen LogP contribution is 2.59. The van der Waals surface area contributed by atoms with Gasteiger partial charge in [0.15, 0.2) is 0 Å². The van der Waals surface area contributed by atoms with E-state index in [2.05, 4.69) is 24.1 Å². The lowest BCUT2D eigenvalue weighted by Crippen LogP contribution is -2.40. The molecule has 0 radical (unpaired) electrons. The average molecular weight is 254 g/mol. The summed E-state index contributed by atoms with van der Waals surface area (Å²) in [5.41, 5.74) is 0.301. The monoisotopic (exact) mass is 254 g/mol. The van der Waals surface area contributed by atoms with E-state index in [-0.39, 0.29) is 11.9 Å². The number of rotatable bonds is 5. The second-order valence-corrected chi connectivity index (χ2v) is 6.09. The van der Waals surface area contributed by atoms with Crippen LogP contribution < -0.4 is 5.32 Å². The minimum Gasteiger partial charge on any atom is -0.469 e. The molecular formula is C14H26N2O2. The van der Waals surface area contributed by atoms with Crippen LogP contribution in [0.2, 0.25) is 0 Å². The fraction of sp³-hybridized carbons (Fsp3) is 0.929. The number of esters is 1. The maximum absolute atomic E-state index is 11.5. The maximum atomic E-state index is 11.5. The molecule has 0 aromatic heterocycles. The van der Waals surface area contributed by atoms with Crippen molar-refractivity contribution in [2.75, 3.05) is 33.3 Å². The fourth-order valence-electron chi connectivity index (χ4n) is 3.11. The summed E-state index contributed by atoms with van der Waals surface area (Å²) in [6.45, 7) is 8.80. The predicted molar refractivity (Wildman–Crippen MR) is 71.4 cm³/mol. The first-order valence-corrected chi connectivity index (χ1v) is 7.11. The van der Waals surface area contributed by atoms with Gasteiger partial charge in [0.2, 0.25) is 0 Å². The number of likely N-dealkylation sites (tertiary alicyclic amines) is 1. The summed E-state index contributed by atoms with van der Waals surface area (Å²) in [4.78, 5) is 14.0. The van der Waals surface area contributed by atoms with Crippen molar-refractivity contribution in [1.82, 2.24) is 10.2 Å². The zero-order valence-corrected chi connectivity index (χ0v) is 11.9. The summed E-state index contributed by atoms with van der Waals surface area (Å²) in [6.07, 6.45) is 3.38. The lowest BCUT2D eigenvalue weighted by molar-refractivity contribution is -0.143. The molecule has 1 heterocycles. The zero-order chi connectivity index (χ0) is 13.2. The number of methoxy groups -OCH3 is 1. The molecule has 0 bridgehead atoms. The van der Waals surface area contributed by atoms with Gasteiger partial charge in [-0.25, -0.2) is 0 Å². The molecule has 2 fully saturated rings. The fourth-order valence-corrected chi connectivity index (χ4v) is 3.11. The molecule has 1 atom stereocenters. The first kappa shape index (κ1) is 13.8. The van der Waals surface area contributed by atoms with Crippen molar-refractivity contribution in [3.8, 4) is 0 Å². The first-order chi connectivity index (χ1) is 8.57. The molecule has 0 aromatic carbocycles. The Labute approximate surface area is 110 Å². The highest BCUT2D eigenvalue weighted by molar-refractivity contribution is 5.76. The van der Waals surface area contributed by atoms with Crippen LogP contribution in [-0.4, -0.2) is 50.2 Å². The normalized spacial score (nSPS) is 26.6. The summed E-state index contributed by atoms with van der Waals surface area (Å²) >= 11 is 0. The van der Waals surface area contributed by atoms with E-state index in [0.29, 0.717) is 11.5 Å². The summed E-state index contributed by atoms with van der Waals surface area (Å²) in [5.74, 6) is 0.198. The number of carbonyl (C=O) groups is 1. The lowest BCUT2D eigenvalue weighted by atomic mass is 9.91. The molecule has 1 spiro atoms. The first-order valence-electron chi connectivity index (χ1n) is 7.11. The van der Waals surface area contributed by atoms with Gasteiger partial charge in [0, 0.05) is 19.1 Å². The molecule has 104 valence electrons. The minimum absolute atomic E-state index is 0.00456. The van der Waals surface area contributed by atoms with Gasteiger partial charge in [-0.2, -0.15) is 0 Å². The van der Waals surface area contributed by atoms with Crippen LogP contribution in [0.5, 0.6) is 0 Å². The molecule has 0 aromatic rings. The van der Waals surface area contributed by atoms with Crippen LogP contribution in [0.4, 0.5) is 0 Å². The number of carbonyl (C=O) groups excluding carboxylic acids is 1. The van der Waals surface area contributed by atoms with Gasteiger partial charge in [-0.15, -0.1) is 0 Å². The van der Waals surface area contributed by atoms with Crippen LogP contribution in [0.3, 0.4) is 0 Å². The summed E-state index contributed by atoms with van der Waals surface area (Å²) < 4.78 is 4.86. The van der Waals surface area contributed by atoms with Gasteiger partial charge in [0.1, 0.15) is 0 Å². The minimum atomic E-state index is 0.00456. The zero-order valence-electron chi connectivity index (χ0n) is 11.9. The number of nitrogens with zero attached hydrogens (tertiary/aromatic N) is 1. The van der Waals surface area contributed by atoms with Crippen molar-refractivity contribution in [3.63, 3.8) is 0 Å². The van der Waals surface area contributed by atoms with Crippen LogP contribution in [0.25, 0.3) is 0 Å². The van der Waals surface area contributed by atoms with E-state index < -0.39 is 0 Å². The number of nitrogens with one attached hydrogen (secondary N) is 1. The van der Waals surface area contributed by atoms with Crippen molar-refractivity contribution in [2.45, 2.75) is 39.2 Å². The SMILES string of the molecule is COC(=O)[C@H]1CC12CCN(CCNC(C)C)CC2. The van der Waals surface area contributed by atoms with Gasteiger partial charge in [0.25, 0.3) is 0 Å². The molecule has 1 aliphatic heterocycles. The lowest BCUT2D eigenvalue weighted by Gasteiger charge is -2.32. The van der Waals surface area contributed by atoms with Gasteiger partial charge < -0.3 is 15.0 Å². The standard InChI is InChI=1S/C14H26N2O2/c1-11(2)15-6-9-16-7-4-14(5-8-16)10-12(14)13(17)18-3/h11-12,15H,4-10H2,1-3H3/t12-/m1/s1. The van der Waals surface area contributed by atoms with Gasteiger partial charge >= 0.3 is 5.97 Å². The van der Waals surface area contributed by atoms with E-state index in [0.717, 1.165) is 45.4 Å². The van der Waals surface area contributed by atoms with E-state index in [1.165, 1.54) is 7.11 Å². The van der Waals surface area contributed by atoms with Crippen LogP contribution in [0, 0.1) is 11.3 Å². The molecule has 1 aliphatic carbocycles. The van der Waals surface area contributed by atoms with Gasteiger partial charge in [-0.3, -0.25) is 4.79 Å². The highest BCUT2D eigenvalue weighted by atomic mass is 16.5. The summed E-state index contributed by atoms with van der Waals surface area (Å²) in [5, 5.41) is 3.45. The predicted octanol–water partition coefficient (Wildman–Crippen LogP) is 1.26. The van der Waals surface area contributed by atoms with Crippen LogP contribution >= 0.6 is 0 Å². The van der Waals surface area contributed by atoms with Crippen molar-refractivity contribution < 1.29 is 9.53 Å². The Balaban J connectivity index is 1.68. The summed E-state index contributed by atoms with van der Waals surface area (Å²) in [6, 6.07) is 0.563. The van der Waals surface area contributed by atoms with E-state index in [1.54, 1.807) is 0 Å². The number of piperidine rings is 1. The third kappa shape index (κ3) is 3.04. The van der Waals surface area contributed by atoms with Crippen molar-refractivity contribution in [2.24, 2.45) is 11.3 Å². The molecule has 0 amide bonds. The quantitative estimate of drug-likeness (QED) is 0.750. The van der Waals surface area contributed by atoms with Gasteiger partial charge in [0.05, 0.1) is 13.0 Å². The number of hydrogen-bond acceptors (Lipinski definition) is 4. The molecule has 2 rings (SSSR count). The van der Waals surface area contributed by atoms with E-state index in [4.69, 9.17) is 4.74 Å². The maximum Gasteiger partial charge on any atom is 0.309 e. The third-order valence-electron chi connectivity index (χ3n) is 4.51. The Morgan fingerprint density at radius 2 is 2.11 bits per heavy atom. The van der Waals surface area contributed by atoms with Crippen LogP contribution in [0.15, 0.2) is 0 Å². The van der Waals surface area contributed by atoms with Crippen molar-refractivity contribution >= 4 is 5.97 Å². The van der Waals surface area contributed by atoms with E-state index in [9.17, 15) is 4.79 Å². The molecule has 1 saturated carbocycles. The van der Waals surface area contributed by atoms with E-state index in [1.807, 2.05) is 0 Å². The molecule has 4 heteroatoms. The Morgan fingerprint density at radius 3 is 2.67 bits per heavy atom. The summed E-state index contributed by atoms with van der Waals surface area (Å²) in [7, 11) is 1.50. The molecule has 1 N–H and O–H groups in total. The highest BCUT2D eigenvalue weighted by Gasteiger charge is 2.59. The van der Waals surface area contributed by atoms with Gasteiger partial charge in [-0.1, -0.05) is 13.8 Å². The Hall–Kier alpha value is -0.610. The van der Waals surface area contributed by atoms with Crippen molar-refractivity contribution in [3.05, 3.63) is 0 Å². The van der Waals surface area contributed by atoms with Gasteiger partial charge in [-0.05, 0) is 37.8 Å². The third-order valence-corrected chi connectivity index (χ3v) is 4.51. The number of hydrogen-bond donors (Lipinski definition) is 1. The topological polar surface area (TPSA) is 41.6 Å². The Morgan fingerprint density at radius 1 is 1.44 bits per heavy atom. The molecule has 2 aliphatic rings. The largest absolute Gasteiger partial charge is 0.469 e. The Bertz CT molecular complexity index is 296. The second kappa shape index (κ2) is 5.57. The van der Waals surface area contributed by atoms with Crippen LogP contribution in [0.1, 0.15) is 33.1 Å². The molecule has 18 heavy (non-hydrogen) atoms. The second-order valence-electron chi connectivity index (χ2n) is 6.09.